The van der Waals surface area contributed by atoms with E-state index in [1.165, 1.54) is 19.2 Å². The highest BCUT2D eigenvalue weighted by atomic mass is 19.4. The maximum absolute atomic E-state index is 13.1. The van der Waals surface area contributed by atoms with Crippen LogP contribution < -0.4 is 5.32 Å². The topological polar surface area (TPSA) is 58.6 Å². The average Bonchev–Trinajstić information content (AvgIpc) is 3.42. The lowest BCUT2D eigenvalue weighted by molar-refractivity contribution is -0.137. The molecular formula is C24H25F3N2O3. The molecule has 1 N–H and O–H groups in total. The van der Waals surface area contributed by atoms with E-state index >= 15 is 0 Å². The number of fused-ring (bicyclic) bond motifs is 1. The highest BCUT2D eigenvalue weighted by Crippen LogP contribution is 2.50. The minimum Gasteiger partial charge on any atom is -0.465 e. The Kier molecular flexibility index (Phi) is 5.99. The van der Waals surface area contributed by atoms with Crippen LogP contribution in [-0.4, -0.2) is 36.5 Å². The summed E-state index contributed by atoms with van der Waals surface area (Å²) >= 11 is 0. The molecular weight excluding hydrogens is 421 g/mol. The number of ether oxygens (including phenoxy) is 1. The quantitative estimate of drug-likeness (QED) is 0.676. The van der Waals surface area contributed by atoms with Crippen molar-refractivity contribution in [1.29, 1.82) is 0 Å². The van der Waals surface area contributed by atoms with E-state index in [1.807, 2.05) is 6.92 Å². The minimum absolute atomic E-state index is 0.0774. The number of amides is 1. The van der Waals surface area contributed by atoms with Crippen LogP contribution in [0.4, 0.5) is 13.2 Å². The zero-order chi connectivity index (χ0) is 23.0. The number of carbonyl (C=O) groups is 2. The van der Waals surface area contributed by atoms with E-state index in [0.29, 0.717) is 23.9 Å². The number of nitrogens with one attached hydrogen (secondary N) is 1. The maximum atomic E-state index is 13.1. The lowest BCUT2D eigenvalue weighted by atomic mass is 10.0. The predicted molar refractivity (Wildman–Crippen MR) is 112 cm³/mol. The molecule has 1 heterocycles. The third-order valence-electron chi connectivity index (χ3n) is 6.37. The molecule has 2 aromatic rings. The summed E-state index contributed by atoms with van der Waals surface area (Å²) < 4.78 is 43.1. The Bertz CT molecular complexity index is 989. The van der Waals surface area contributed by atoms with Crippen molar-refractivity contribution >= 4 is 11.9 Å². The second-order valence-corrected chi connectivity index (χ2v) is 8.57. The third-order valence-corrected chi connectivity index (χ3v) is 6.37. The highest BCUT2D eigenvalue weighted by Gasteiger charge is 2.55. The number of halogens is 3. The van der Waals surface area contributed by atoms with E-state index in [1.54, 1.807) is 24.3 Å². The van der Waals surface area contributed by atoms with Crippen LogP contribution >= 0.6 is 0 Å². The molecule has 0 bridgehead atoms. The molecule has 2 fully saturated rings. The van der Waals surface area contributed by atoms with Crippen LogP contribution in [0.15, 0.2) is 48.5 Å². The van der Waals surface area contributed by atoms with Gasteiger partial charge in [-0.05, 0) is 60.6 Å². The number of methoxy groups -OCH3 is 1. The second kappa shape index (κ2) is 8.58. The Morgan fingerprint density at radius 2 is 1.78 bits per heavy atom. The van der Waals surface area contributed by atoms with Gasteiger partial charge in [-0.25, -0.2) is 4.79 Å². The van der Waals surface area contributed by atoms with Gasteiger partial charge >= 0.3 is 12.1 Å². The number of alkyl halides is 3. The van der Waals surface area contributed by atoms with E-state index in [4.69, 9.17) is 4.74 Å². The molecule has 8 heteroatoms. The number of benzene rings is 2. The lowest BCUT2D eigenvalue weighted by Gasteiger charge is -2.28. The largest absolute Gasteiger partial charge is 0.465 e. The lowest BCUT2D eigenvalue weighted by Crippen LogP contribution is -2.46. The Labute approximate surface area is 184 Å². The van der Waals surface area contributed by atoms with Crippen molar-refractivity contribution in [3.63, 3.8) is 0 Å². The van der Waals surface area contributed by atoms with Crippen molar-refractivity contribution in [3.05, 3.63) is 70.8 Å². The summed E-state index contributed by atoms with van der Waals surface area (Å²) in [5.41, 5.74) is 1.38. The Balaban J connectivity index is 1.40. The molecule has 4 rings (SSSR count). The number of hydrogen-bond acceptors (Lipinski definition) is 4. The first-order valence-corrected chi connectivity index (χ1v) is 10.6. The summed E-state index contributed by atoms with van der Waals surface area (Å²) in [7, 11) is 1.32. The van der Waals surface area contributed by atoms with Gasteiger partial charge in [-0.15, -0.1) is 0 Å². The van der Waals surface area contributed by atoms with Crippen LogP contribution in [0.3, 0.4) is 0 Å². The van der Waals surface area contributed by atoms with E-state index in [-0.39, 0.29) is 18.0 Å². The predicted octanol–water partition coefficient (Wildman–Crippen LogP) is 4.19. The van der Waals surface area contributed by atoms with E-state index in [0.717, 1.165) is 36.2 Å². The van der Waals surface area contributed by atoms with Crippen molar-refractivity contribution < 1.29 is 27.5 Å². The molecule has 0 spiro atoms. The molecule has 1 saturated heterocycles. The summed E-state index contributed by atoms with van der Waals surface area (Å²) in [5.74, 6) is 0.262. The normalized spacial score (nSPS) is 23.3. The van der Waals surface area contributed by atoms with Gasteiger partial charge in [-0.3, -0.25) is 9.69 Å². The summed E-state index contributed by atoms with van der Waals surface area (Å²) in [4.78, 5) is 26.7. The van der Waals surface area contributed by atoms with Gasteiger partial charge in [0.25, 0.3) is 0 Å². The van der Waals surface area contributed by atoms with Gasteiger partial charge in [-0.1, -0.05) is 24.3 Å². The number of likely N-dealkylation sites (tertiary alicyclic amines) is 1. The van der Waals surface area contributed by atoms with Crippen LogP contribution in [0.25, 0.3) is 0 Å². The summed E-state index contributed by atoms with van der Waals surface area (Å²) in [6, 6.07) is 11.5. The molecule has 0 aromatic heterocycles. The number of nitrogens with zero attached hydrogens (tertiary/aromatic N) is 1. The standard InChI is InChI=1S/C24H25F3N2O3/c1-14(16-5-7-17(8-6-16)23(31)32-2)28-22(30)21-20-11-18(20)13-29(21)12-15-3-9-19(10-4-15)24(25,26)27/h3-10,14,18,20-21H,11-13H2,1-2H3,(H,28,30)/t14-,18?,20?,21?/m0/s1. The molecule has 1 aliphatic carbocycles. The Morgan fingerprint density at radius 3 is 2.38 bits per heavy atom. The molecule has 2 aromatic carbocycles. The van der Waals surface area contributed by atoms with Crippen molar-refractivity contribution in [3.8, 4) is 0 Å². The maximum Gasteiger partial charge on any atom is 0.416 e. The number of hydrogen-bond donors (Lipinski definition) is 1. The molecule has 2 aliphatic rings. The number of piperidine rings is 1. The fraction of sp³-hybridized carbons (Fsp3) is 0.417. The SMILES string of the molecule is COC(=O)c1ccc([C@H](C)NC(=O)C2C3CC3CN2Cc2ccc(C(F)(F)F)cc2)cc1. The molecule has 4 atom stereocenters. The van der Waals surface area contributed by atoms with Gasteiger partial charge in [0.2, 0.25) is 5.91 Å². The van der Waals surface area contributed by atoms with Crippen LogP contribution in [0.1, 0.15) is 46.4 Å². The number of rotatable bonds is 6. The first-order valence-electron chi connectivity index (χ1n) is 10.6. The van der Waals surface area contributed by atoms with Crippen LogP contribution in [0.2, 0.25) is 0 Å². The van der Waals surface area contributed by atoms with E-state index in [9.17, 15) is 22.8 Å². The molecule has 32 heavy (non-hydrogen) atoms. The Hall–Kier alpha value is -2.87. The van der Waals surface area contributed by atoms with Crippen LogP contribution in [0, 0.1) is 11.8 Å². The monoisotopic (exact) mass is 446 g/mol. The number of esters is 1. The van der Waals surface area contributed by atoms with Gasteiger partial charge < -0.3 is 10.1 Å². The van der Waals surface area contributed by atoms with Crippen molar-refractivity contribution in [2.45, 2.75) is 38.1 Å². The molecule has 0 radical (unpaired) electrons. The second-order valence-electron chi connectivity index (χ2n) is 8.57. The summed E-state index contributed by atoms with van der Waals surface area (Å²) in [6.07, 6.45) is -3.36. The fourth-order valence-electron chi connectivity index (χ4n) is 4.52. The highest BCUT2D eigenvalue weighted by molar-refractivity contribution is 5.89. The van der Waals surface area contributed by atoms with E-state index in [2.05, 4.69) is 10.2 Å². The molecule has 5 nitrogen and oxygen atoms in total. The average molecular weight is 446 g/mol. The van der Waals surface area contributed by atoms with E-state index < -0.39 is 17.7 Å². The van der Waals surface area contributed by atoms with Gasteiger partial charge in [0, 0.05) is 13.1 Å². The van der Waals surface area contributed by atoms with Crippen molar-refractivity contribution in [1.82, 2.24) is 10.2 Å². The van der Waals surface area contributed by atoms with Crippen LogP contribution in [0.5, 0.6) is 0 Å². The molecule has 1 aliphatic heterocycles. The fourth-order valence-corrected chi connectivity index (χ4v) is 4.52. The molecule has 1 amide bonds. The minimum atomic E-state index is -4.36. The van der Waals surface area contributed by atoms with Gasteiger partial charge in [0.15, 0.2) is 0 Å². The smallest absolute Gasteiger partial charge is 0.416 e. The van der Waals surface area contributed by atoms with Crippen LogP contribution in [-0.2, 0) is 22.3 Å². The molecule has 1 saturated carbocycles. The van der Waals surface area contributed by atoms with Gasteiger partial charge in [0.05, 0.1) is 30.3 Å². The molecule has 3 unspecified atom stereocenters. The third kappa shape index (κ3) is 4.65. The zero-order valence-corrected chi connectivity index (χ0v) is 17.9. The zero-order valence-electron chi connectivity index (χ0n) is 17.9. The number of carbonyl (C=O) groups excluding carboxylic acids is 2. The van der Waals surface area contributed by atoms with Crippen molar-refractivity contribution in [2.75, 3.05) is 13.7 Å². The summed E-state index contributed by atoms with van der Waals surface area (Å²) in [6.45, 7) is 3.09. The van der Waals surface area contributed by atoms with Gasteiger partial charge in [-0.2, -0.15) is 13.2 Å². The van der Waals surface area contributed by atoms with Gasteiger partial charge in [0.1, 0.15) is 0 Å². The first-order chi connectivity index (χ1) is 15.2. The Morgan fingerprint density at radius 1 is 1.12 bits per heavy atom. The first kappa shape index (κ1) is 22.3. The summed E-state index contributed by atoms with van der Waals surface area (Å²) in [5, 5.41) is 3.06. The van der Waals surface area contributed by atoms with Crippen molar-refractivity contribution in [2.24, 2.45) is 11.8 Å². The molecule has 170 valence electrons.